The Morgan fingerprint density at radius 3 is 2.50 bits per heavy atom. The van der Waals surface area contributed by atoms with Crippen LogP contribution in [0, 0.1) is 5.92 Å². The number of nitrogens with one attached hydrogen (secondary N) is 1. The Morgan fingerprint density at radius 1 is 1.28 bits per heavy atom. The molecule has 1 aromatic rings. The zero-order valence-corrected chi connectivity index (χ0v) is 11.2. The van der Waals surface area contributed by atoms with Crippen molar-refractivity contribution in [1.82, 2.24) is 5.32 Å². The minimum Gasteiger partial charge on any atom is -0.468 e. The topological polar surface area (TPSA) is 38.3 Å². The first kappa shape index (κ1) is 14.5. The summed E-state index contributed by atoms with van der Waals surface area (Å²) in [5, 5.41) is 3.18. The molecule has 0 heterocycles. The molecule has 0 radical (unpaired) electrons. The highest BCUT2D eigenvalue weighted by Crippen LogP contribution is 2.02. The van der Waals surface area contributed by atoms with E-state index in [0.29, 0.717) is 12.5 Å². The van der Waals surface area contributed by atoms with Crippen molar-refractivity contribution >= 4 is 5.97 Å². The Morgan fingerprint density at radius 2 is 1.94 bits per heavy atom. The molecule has 0 amide bonds. The van der Waals surface area contributed by atoms with Crippen LogP contribution in [-0.2, 0) is 16.1 Å². The van der Waals surface area contributed by atoms with E-state index in [1.54, 1.807) is 0 Å². The minimum absolute atomic E-state index is 0.261. The first-order valence-corrected chi connectivity index (χ1v) is 6.17. The van der Waals surface area contributed by atoms with Gasteiger partial charge in [0.2, 0.25) is 0 Å². The number of methoxy groups -OCH3 is 1. The van der Waals surface area contributed by atoms with Crippen LogP contribution < -0.4 is 5.32 Å². The van der Waals surface area contributed by atoms with Gasteiger partial charge >= 0.3 is 5.97 Å². The van der Waals surface area contributed by atoms with Crippen molar-refractivity contribution in [3.8, 4) is 0 Å². The van der Waals surface area contributed by atoms with Crippen molar-refractivity contribution in [2.24, 2.45) is 5.92 Å². The van der Waals surface area contributed by atoms with Crippen LogP contribution in [0.5, 0.6) is 0 Å². The van der Waals surface area contributed by atoms with Crippen LogP contribution in [0.1, 0.15) is 19.4 Å². The van der Waals surface area contributed by atoms with Gasteiger partial charge in [-0.2, -0.15) is 0 Å². The third-order valence-corrected chi connectivity index (χ3v) is 2.51. The fourth-order valence-electron chi connectivity index (χ4n) is 1.51. The number of ether oxygens (including phenoxy) is 1. The average Bonchev–Trinajstić information content (AvgIpc) is 2.39. The fraction of sp³-hybridized carbons (Fsp3) is 0.400. The average molecular weight is 247 g/mol. The molecule has 0 aliphatic heterocycles. The summed E-state index contributed by atoms with van der Waals surface area (Å²) in [4.78, 5) is 11.6. The lowest BCUT2D eigenvalue weighted by Crippen LogP contribution is -2.35. The summed E-state index contributed by atoms with van der Waals surface area (Å²) in [5.74, 6) is 0.151. The van der Waals surface area contributed by atoms with Crippen LogP contribution in [0.25, 0.3) is 0 Å². The van der Waals surface area contributed by atoms with Gasteiger partial charge in [-0.25, -0.2) is 0 Å². The second-order valence-corrected chi connectivity index (χ2v) is 4.50. The van der Waals surface area contributed by atoms with E-state index in [-0.39, 0.29) is 5.97 Å². The highest BCUT2D eigenvalue weighted by Gasteiger charge is 2.14. The van der Waals surface area contributed by atoms with Crippen molar-refractivity contribution in [2.75, 3.05) is 7.11 Å². The first-order chi connectivity index (χ1) is 8.63. The van der Waals surface area contributed by atoms with E-state index in [1.807, 2.05) is 42.5 Å². The number of carbonyl (C=O) groups excluding carboxylic acids is 1. The van der Waals surface area contributed by atoms with Crippen molar-refractivity contribution in [3.05, 3.63) is 48.0 Å². The van der Waals surface area contributed by atoms with Crippen molar-refractivity contribution in [3.63, 3.8) is 0 Å². The third-order valence-electron chi connectivity index (χ3n) is 2.51. The highest BCUT2D eigenvalue weighted by atomic mass is 16.5. The number of hydrogen-bond acceptors (Lipinski definition) is 3. The summed E-state index contributed by atoms with van der Waals surface area (Å²) in [6.07, 6.45) is 3.86. The number of esters is 1. The Bertz CT molecular complexity index is 385. The second kappa shape index (κ2) is 7.67. The molecule has 0 aliphatic rings. The van der Waals surface area contributed by atoms with E-state index >= 15 is 0 Å². The van der Waals surface area contributed by atoms with E-state index in [9.17, 15) is 4.79 Å². The predicted octanol–water partition coefficient (Wildman–Crippen LogP) is 2.53. The van der Waals surface area contributed by atoms with Gasteiger partial charge in [0.1, 0.15) is 6.04 Å². The van der Waals surface area contributed by atoms with Crippen molar-refractivity contribution in [2.45, 2.75) is 26.4 Å². The number of hydrogen-bond donors (Lipinski definition) is 1. The molecule has 0 unspecified atom stereocenters. The van der Waals surface area contributed by atoms with Gasteiger partial charge in [0.05, 0.1) is 7.11 Å². The second-order valence-electron chi connectivity index (χ2n) is 4.50. The maximum absolute atomic E-state index is 11.6. The van der Waals surface area contributed by atoms with Crippen LogP contribution in [0.15, 0.2) is 42.5 Å². The normalized spacial score (nSPS) is 12.9. The summed E-state index contributed by atoms with van der Waals surface area (Å²) < 4.78 is 4.78. The molecule has 0 fully saturated rings. The van der Waals surface area contributed by atoms with Gasteiger partial charge in [-0.1, -0.05) is 56.3 Å². The van der Waals surface area contributed by atoms with Gasteiger partial charge in [-0.15, -0.1) is 0 Å². The number of benzene rings is 1. The predicted molar refractivity (Wildman–Crippen MR) is 73.1 cm³/mol. The van der Waals surface area contributed by atoms with E-state index < -0.39 is 6.04 Å². The van der Waals surface area contributed by atoms with Crippen LogP contribution in [0.3, 0.4) is 0 Å². The lowest BCUT2D eigenvalue weighted by Gasteiger charge is -2.13. The minimum atomic E-state index is -0.391. The molecule has 3 heteroatoms. The number of carbonyl (C=O) groups is 1. The van der Waals surface area contributed by atoms with Gasteiger partial charge in [-0.05, 0) is 11.5 Å². The molecular weight excluding hydrogens is 226 g/mol. The summed E-state index contributed by atoms with van der Waals surface area (Å²) >= 11 is 0. The molecule has 0 saturated heterocycles. The molecule has 1 N–H and O–H groups in total. The fourth-order valence-corrected chi connectivity index (χ4v) is 1.51. The van der Waals surface area contributed by atoms with E-state index in [4.69, 9.17) is 4.74 Å². The SMILES string of the molecule is COC(=O)[C@@H](/C=C/C(C)C)NCc1ccccc1. The number of rotatable bonds is 6. The van der Waals surface area contributed by atoms with Crippen molar-refractivity contribution < 1.29 is 9.53 Å². The Hall–Kier alpha value is -1.61. The summed E-state index contributed by atoms with van der Waals surface area (Å²) in [5.41, 5.74) is 1.14. The molecule has 0 bridgehead atoms. The Kier molecular flexibility index (Phi) is 6.15. The zero-order chi connectivity index (χ0) is 13.4. The molecule has 3 nitrogen and oxygen atoms in total. The molecule has 1 aromatic carbocycles. The monoisotopic (exact) mass is 247 g/mol. The molecule has 18 heavy (non-hydrogen) atoms. The van der Waals surface area contributed by atoms with Gasteiger partial charge in [0.25, 0.3) is 0 Å². The van der Waals surface area contributed by atoms with Crippen molar-refractivity contribution in [1.29, 1.82) is 0 Å². The molecular formula is C15H21NO2. The van der Waals surface area contributed by atoms with Gasteiger partial charge < -0.3 is 4.74 Å². The number of allylic oxidation sites excluding steroid dienone is 1. The summed E-state index contributed by atoms with van der Waals surface area (Å²) in [7, 11) is 1.41. The smallest absolute Gasteiger partial charge is 0.326 e. The van der Waals surface area contributed by atoms with E-state index in [0.717, 1.165) is 5.56 Å². The lowest BCUT2D eigenvalue weighted by atomic mass is 10.1. The van der Waals surface area contributed by atoms with Gasteiger partial charge in [-0.3, -0.25) is 10.1 Å². The lowest BCUT2D eigenvalue weighted by molar-refractivity contribution is -0.141. The quantitative estimate of drug-likeness (QED) is 0.620. The molecule has 0 aliphatic carbocycles. The summed E-state index contributed by atoms with van der Waals surface area (Å²) in [6, 6.07) is 9.58. The molecule has 0 saturated carbocycles. The van der Waals surface area contributed by atoms with Crippen LogP contribution >= 0.6 is 0 Å². The maximum Gasteiger partial charge on any atom is 0.326 e. The first-order valence-electron chi connectivity index (χ1n) is 6.17. The highest BCUT2D eigenvalue weighted by molar-refractivity contribution is 5.77. The van der Waals surface area contributed by atoms with Gasteiger partial charge in [0.15, 0.2) is 0 Å². The molecule has 1 rings (SSSR count). The Balaban J connectivity index is 2.59. The van der Waals surface area contributed by atoms with Crippen LogP contribution in [0.4, 0.5) is 0 Å². The standard InChI is InChI=1S/C15H21NO2/c1-12(2)9-10-14(15(17)18-3)16-11-13-7-5-4-6-8-13/h4-10,12,14,16H,11H2,1-3H3/b10-9+/t14-/m1/s1. The molecule has 98 valence electrons. The third kappa shape index (κ3) is 5.15. The maximum atomic E-state index is 11.6. The molecule has 0 aromatic heterocycles. The summed E-state index contributed by atoms with van der Waals surface area (Å²) in [6.45, 7) is 4.78. The van der Waals surface area contributed by atoms with Gasteiger partial charge in [0, 0.05) is 6.54 Å². The van der Waals surface area contributed by atoms with E-state index in [1.165, 1.54) is 7.11 Å². The van der Waals surface area contributed by atoms with Crippen LogP contribution in [-0.4, -0.2) is 19.1 Å². The zero-order valence-electron chi connectivity index (χ0n) is 11.2. The largest absolute Gasteiger partial charge is 0.468 e. The van der Waals surface area contributed by atoms with Crippen LogP contribution in [0.2, 0.25) is 0 Å². The molecule has 1 atom stereocenters. The Labute approximate surface area is 109 Å². The molecule has 0 spiro atoms. The van der Waals surface area contributed by atoms with E-state index in [2.05, 4.69) is 19.2 Å².